The molecule has 90 valence electrons. The van der Waals surface area contributed by atoms with E-state index in [0.29, 0.717) is 25.0 Å². The van der Waals surface area contributed by atoms with Crippen molar-refractivity contribution in [1.82, 2.24) is 5.32 Å². The number of carbonyl (C=O) groups excluding carboxylic acids is 2. The van der Waals surface area contributed by atoms with Crippen molar-refractivity contribution in [1.29, 1.82) is 0 Å². The molecule has 0 bridgehead atoms. The summed E-state index contributed by atoms with van der Waals surface area (Å²) in [5, 5.41) is 11.9. The molecule has 0 aliphatic heterocycles. The number of hydrogen-bond donors (Lipinski definition) is 3. The average molecular weight is 234 g/mol. The number of hydrogen-bond acceptors (Lipinski definition) is 3. The molecule has 0 atom stereocenters. The summed E-state index contributed by atoms with van der Waals surface area (Å²) in [6, 6.07) is 0. The van der Waals surface area contributed by atoms with Gasteiger partial charge in [-0.25, -0.2) is 0 Å². The van der Waals surface area contributed by atoms with Crippen LogP contribution in [0.5, 0.6) is 0 Å². The van der Waals surface area contributed by atoms with Gasteiger partial charge in [0.05, 0.1) is 0 Å². The van der Waals surface area contributed by atoms with Crippen LogP contribution in [0.25, 0.3) is 0 Å². The Morgan fingerprint density at radius 1 is 1.29 bits per heavy atom. The van der Waals surface area contributed by atoms with E-state index in [2.05, 4.69) is 5.32 Å². The summed E-state index contributed by atoms with van der Waals surface area (Å²) in [4.78, 5) is 23.0. The molecule has 0 unspecified atom stereocenters. The van der Waals surface area contributed by atoms with E-state index in [1.54, 1.807) is 18.2 Å². The minimum atomic E-state index is -1.02. The molecule has 2 rings (SSSR count). The zero-order valence-electron chi connectivity index (χ0n) is 9.27. The molecule has 1 saturated carbocycles. The van der Waals surface area contributed by atoms with Crippen LogP contribution in [0.2, 0.25) is 0 Å². The lowest BCUT2D eigenvalue weighted by Crippen LogP contribution is -2.39. The van der Waals surface area contributed by atoms with Gasteiger partial charge in [0.2, 0.25) is 11.8 Å². The quantitative estimate of drug-likeness (QED) is 0.626. The molecule has 0 saturated heterocycles. The van der Waals surface area contributed by atoms with Crippen LogP contribution in [0, 0.1) is 5.41 Å². The van der Waals surface area contributed by atoms with Crippen LogP contribution in [0.1, 0.15) is 19.3 Å². The number of rotatable bonds is 3. The summed E-state index contributed by atoms with van der Waals surface area (Å²) >= 11 is 0. The van der Waals surface area contributed by atoms with Crippen LogP contribution in [0.15, 0.2) is 35.8 Å². The first kappa shape index (κ1) is 11.4. The molecule has 2 aliphatic rings. The van der Waals surface area contributed by atoms with Crippen molar-refractivity contribution < 1.29 is 14.7 Å². The third kappa shape index (κ3) is 2.22. The van der Waals surface area contributed by atoms with Gasteiger partial charge in [0.1, 0.15) is 11.2 Å². The molecule has 0 radical (unpaired) electrons. The molecule has 1 fully saturated rings. The van der Waals surface area contributed by atoms with Crippen molar-refractivity contribution in [3.8, 4) is 0 Å². The lowest BCUT2D eigenvalue weighted by atomic mass is 10.1. The minimum absolute atomic E-state index is 0.154. The van der Waals surface area contributed by atoms with Gasteiger partial charge in [-0.2, -0.15) is 0 Å². The largest absolute Gasteiger partial charge is 0.508 e. The van der Waals surface area contributed by atoms with Crippen LogP contribution in [-0.2, 0) is 9.59 Å². The minimum Gasteiger partial charge on any atom is -0.508 e. The fourth-order valence-electron chi connectivity index (χ4n) is 1.67. The lowest BCUT2D eigenvalue weighted by molar-refractivity contribution is -0.134. The highest BCUT2D eigenvalue weighted by atomic mass is 16.3. The summed E-state index contributed by atoms with van der Waals surface area (Å²) in [6.07, 6.45) is 8.00. The number of aliphatic hydroxyl groups excluding tert-OH is 1. The fraction of sp³-hybridized carbons (Fsp3) is 0.333. The molecular formula is C12H14N2O3. The summed E-state index contributed by atoms with van der Waals surface area (Å²) in [5.41, 5.74) is 4.76. The fourth-order valence-corrected chi connectivity index (χ4v) is 1.67. The van der Waals surface area contributed by atoms with Gasteiger partial charge in [-0.15, -0.1) is 0 Å². The molecule has 0 spiro atoms. The van der Waals surface area contributed by atoms with Crippen LogP contribution in [-0.4, -0.2) is 16.9 Å². The predicted molar refractivity (Wildman–Crippen MR) is 61.6 cm³/mol. The van der Waals surface area contributed by atoms with Gasteiger partial charge in [-0.1, -0.05) is 6.08 Å². The van der Waals surface area contributed by atoms with Crippen LogP contribution in [0.3, 0.4) is 0 Å². The van der Waals surface area contributed by atoms with E-state index >= 15 is 0 Å². The smallest absolute Gasteiger partial charge is 0.240 e. The number of carbonyl (C=O) groups is 2. The molecule has 0 aromatic heterocycles. The Balaban J connectivity index is 2.03. The van der Waals surface area contributed by atoms with Gasteiger partial charge >= 0.3 is 0 Å². The first-order valence-electron chi connectivity index (χ1n) is 5.43. The van der Waals surface area contributed by atoms with Crippen LogP contribution < -0.4 is 11.1 Å². The van der Waals surface area contributed by atoms with Crippen LogP contribution in [0.4, 0.5) is 0 Å². The summed E-state index contributed by atoms with van der Waals surface area (Å²) in [6.45, 7) is 0. The van der Waals surface area contributed by atoms with E-state index in [4.69, 9.17) is 5.73 Å². The number of allylic oxidation sites excluding steroid dienone is 4. The Hall–Kier alpha value is -2.04. The van der Waals surface area contributed by atoms with Gasteiger partial charge in [-0.3, -0.25) is 9.59 Å². The average Bonchev–Trinajstić information content (AvgIpc) is 3.05. The molecule has 5 nitrogen and oxygen atoms in total. The predicted octanol–water partition coefficient (Wildman–Crippen LogP) is 0.654. The Kier molecular flexibility index (Phi) is 2.75. The third-order valence-electron chi connectivity index (χ3n) is 3.01. The van der Waals surface area contributed by atoms with Crippen LogP contribution >= 0.6 is 0 Å². The van der Waals surface area contributed by atoms with Crippen molar-refractivity contribution in [2.45, 2.75) is 19.3 Å². The highest BCUT2D eigenvalue weighted by Gasteiger charge is 2.55. The van der Waals surface area contributed by atoms with E-state index in [1.807, 2.05) is 0 Å². The van der Waals surface area contributed by atoms with E-state index in [0.717, 1.165) is 0 Å². The Labute approximate surface area is 98.7 Å². The van der Waals surface area contributed by atoms with E-state index in [9.17, 15) is 14.7 Å². The number of nitrogens with two attached hydrogens (primary N) is 1. The second-order valence-corrected chi connectivity index (χ2v) is 4.26. The van der Waals surface area contributed by atoms with E-state index in [-0.39, 0.29) is 11.7 Å². The van der Waals surface area contributed by atoms with Gasteiger partial charge in [0.15, 0.2) is 0 Å². The van der Waals surface area contributed by atoms with Crippen molar-refractivity contribution in [2.24, 2.45) is 11.1 Å². The summed E-state index contributed by atoms with van der Waals surface area (Å²) in [7, 11) is 0. The maximum absolute atomic E-state index is 11.9. The monoisotopic (exact) mass is 234 g/mol. The van der Waals surface area contributed by atoms with Gasteiger partial charge in [-0.05, 0) is 37.5 Å². The zero-order chi connectivity index (χ0) is 12.5. The number of primary amides is 1. The molecule has 4 N–H and O–H groups in total. The van der Waals surface area contributed by atoms with E-state index < -0.39 is 11.3 Å². The van der Waals surface area contributed by atoms with Crippen molar-refractivity contribution in [3.63, 3.8) is 0 Å². The Bertz CT molecular complexity index is 456. The Morgan fingerprint density at radius 2 is 2.00 bits per heavy atom. The van der Waals surface area contributed by atoms with Gasteiger partial charge in [0.25, 0.3) is 0 Å². The zero-order valence-corrected chi connectivity index (χ0v) is 9.27. The second kappa shape index (κ2) is 4.08. The highest BCUT2D eigenvalue weighted by molar-refractivity contribution is 6.07. The number of aliphatic hydroxyl groups is 1. The first-order chi connectivity index (χ1) is 8.04. The molecule has 0 aromatic rings. The highest BCUT2D eigenvalue weighted by Crippen LogP contribution is 2.45. The van der Waals surface area contributed by atoms with Crippen molar-refractivity contribution in [3.05, 3.63) is 35.8 Å². The van der Waals surface area contributed by atoms with Crippen molar-refractivity contribution in [2.75, 3.05) is 0 Å². The number of amides is 2. The molecular weight excluding hydrogens is 220 g/mol. The second-order valence-electron chi connectivity index (χ2n) is 4.26. The maximum atomic E-state index is 11.9. The first-order valence-corrected chi connectivity index (χ1v) is 5.43. The van der Waals surface area contributed by atoms with Crippen molar-refractivity contribution >= 4 is 11.8 Å². The molecule has 17 heavy (non-hydrogen) atoms. The SMILES string of the molecule is NC(=O)C1(C(=O)NC2=CCC=C(O)C=C2)CC1. The van der Waals surface area contributed by atoms with Gasteiger partial charge < -0.3 is 16.2 Å². The molecule has 2 amide bonds. The maximum Gasteiger partial charge on any atom is 0.240 e. The number of nitrogens with one attached hydrogen (secondary N) is 1. The molecule has 5 heteroatoms. The normalized spacial score (nSPS) is 20.9. The molecule has 0 heterocycles. The summed E-state index contributed by atoms with van der Waals surface area (Å²) < 4.78 is 0. The standard InChI is InChI=1S/C12H14N2O3/c13-10(16)12(6-7-12)11(17)14-8-2-1-3-9(15)5-4-8/h2-5,15H,1,6-7H2,(H2,13,16)(H,14,17). The summed E-state index contributed by atoms with van der Waals surface area (Å²) in [5.74, 6) is -0.780. The molecule has 0 aromatic carbocycles. The topological polar surface area (TPSA) is 92.4 Å². The molecule has 2 aliphatic carbocycles. The lowest BCUT2D eigenvalue weighted by Gasteiger charge is -2.11. The Morgan fingerprint density at radius 3 is 2.59 bits per heavy atom. The van der Waals surface area contributed by atoms with E-state index in [1.165, 1.54) is 6.08 Å². The van der Waals surface area contributed by atoms with Gasteiger partial charge in [0, 0.05) is 5.70 Å². The third-order valence-corrected chi connectivity index (χ3v) is 3.01.